The molecule has 0 amide bonds. The van der Waals surface area contributed by atoms with Crippen LogP contribution in [0.4, 0.5) is 11.5 Å². The zero-order valence-corrected chi connectivity index (χ0v) is 22.4. The minimum absolute atomic E-state index is 0.248. The highest BCUT2D eigenvalue weighted by Gasteiger charge is 2.30. The second kappa shape index (κ2) is 10.6. The van der Waals surface area contributed by atoms with Crippen LogP contribution in [0.2, 0.25) is 0 Å². The first kappa shape index (κ1) is 25.3. The summed E-state index contributed by atoms with van der Waals surface area (Å²) in [5, 5.41) is 21.9. The van der Waals surface area contributed by atoms with Gasteiger partial charge in [0, 0.05) is 42.3 Å². The molecule has 6 rings (SSSR count). The van der Waals surface area contributed by atoms with E-state index in [0.29, 0.717) is 56.4 Å². The normalized spacial score (nSPS) is 20.9. The summed E-state index contributed by atoms with van der Waals surface area (Å²) in [5.41, 5.74) is 4.73. The van der Waals surface area contributed by atoms with Crippen molar-refractivity contribution in [1.82, 2.24) is 20.1 Å². The number of aryl methyl sites for hydroxylation is 1. The van der Waals surface area contributed by atoms with E-state index in [1.165, 1.54) is 34.0 Å². The maximum atomic E-state index is 9.51. The lowest BCUT2D eigenvalue weighted by atomic mass is 9.99. The zero-order valence-electron chi connectivity index (χ0n) is 22.4. The van der Waals surface area contributed by atoms with Crippen molar-refractivity contribution >= 4 is 22.3 Å². The number of likely N-dealkylation sites (N-methyl/N-ethyl adjacent to an activating group) is 1. The third kappa shape index (κ3) is 4.91. The first-order valence-electron chi connectivity index (χ1n) is 13.9. The minimum Gasteiger partial charge on any atom is -0.462 e. The van der Waals surface area contributed by atoms with Gasteiger partial charge >= 0.3 is 6.01 Å². The number of hydrogen-bond donors (Lipinski definition) is 2. The van der Waals surface area contributed by atoms with Crippen LogP contribution in [0.5, 0.6) is 6.01 Å². The number of likely N-dealkylation sites (tertiary alicyclic amines) is 1. The average Bonchev–Trinajstić information content (AvgIpc) is 3.35. The summed E-state index contributed by atoms with van der Waals surface area (Å²) < 4.78 is 6.25. The summed E-state index contributed by atoms with van der Waals surface area (Å²) in [6.45, 7) is 6.89. The SMILES string of the molecule is Cc1cccc2cccc(N3CCc4c(nc(OC[C@@H]5CCCN5C)nc4N4CCC(N(O)O)CC4)C3)c12. The molecule has 4 heterocycles. The Hall–Kier alpha value is -2.98. The molecule has 1 atom stereocenters. The fraction of sp³-hybridized carbons (Fsp3) is 0.517. The number of anilines is 2. The fourth-order valence-corrected chi connectivity index (χ4v) is 6.36. The smallest absolute Gasteiger partial charge is 0.318 e. The third-order valence-electron chi connectivity index (χ3n) is 8.62. The summed E-state index contributed by atoms with van der Waals surface area (Å²) in [4.78, 5) is 17.0. The van der Waals surface area contributed by atoms with E-state index in [1.807, 2.05) is 0 Å². The van der Waals surface area contributed by atoms with Crippen molar-refractivity contribution in [2.24, 2.45) is 0 Å². The van der Waals surface area contributed by atoms with E-state index < -0.39 is 0 Å². The van der Waals surface area contributed by atoms with E-state index >= 15 is 0 Å². The average molecular weight is 519 g/mol. The Morgan fingerprint density at radius 1 is 0.974 bits per heavy atom. The van der Waals surface area contributed by atoms with Crippen LogP contribution in [0, 0.1) is 6.92 Å². The third-order valence-corrected chi connectivity index (χ3v) is 8.62. The number of nitrogens with zero attached hydrogens (tertiary/aromatic N) is 6. The van der Waals surface area contributed by atoms with Crippen LogP contribution in [0.3, 0.4) is 0 Å². The van der Waals surface area contributed by atoms with E-state index in [0.717, 1.165) is 37.4 Å². The fourth-order valence-electron chi connectivity index (χ4n) is 6.36. The lowest BCUT2D eigenvalue weighted by molar-refractivity contribution is -0.333. The number of hydrogen-bond acceptors (Lipinski definition) is 9. The molecule has 2 saturated heterocycles. The molecule has 38 heavy (non-hydrogen) atoms. The van der Waals surface area contributed by atoms with Crippen molar-refractivity contribution < 1.29 is 15.2 Å². The first-order chi connectivity index (χ1) is 18.5. The van der Waals surface area contributed by atoms with E-state index in [4.69, 9.17) is 14.7 Å². The Kier molecular flexibility index (Phi) is 7.09. The number of aromatic nitrogens is 2. The summed E-state index contributed by atoms with van der Waals surface area (Å²) in [6, 6.07) is 13.6. The van der Waals surface area contributed by atoms with Gasteiger partial charge in [-0.15, -0.1) is 0 Å². The van der Waals surface area contributed by atoms with Crippen LogP contribution >= 0.6 is 0 Å². The molecule has 0 unspecified atom stereocenters. The number of ether oxygens (including phenoxy) is 1. The highest BCUT2D eigenvalue weighted by atomic mass is 16.8. The van der Waals surface area contributed by atoms with Gasteiger partial charge in [0.2, 0.25) is 0 Å². The van der Waals surface area contributed by atoms with Gasteiger partial charge in [-0.3, -0.25) is 10.4 Å². The van der Waals surface area contributed by atoms with Gasteiger partial charge in [0.05, 0.1) is 18.3 Å². The number of piperidine rings is 1. The lowest BCUT2D eigenvalue weighted by Crippen LogP contribution is -2.43. The van der Waals surface area contributed by atoms with Gasteiger partial charge in [-0.2, -0.15) is 9.97 Å². The van der Waals surface area contributed by atoms with Gasteiger partial charge in [-0.1, -0.05) is 35.6 Å². The van der Waals surface area contributed by atoms with Crippen LogP contribution in [0.15, 0.2) is 36.4 Å². The van der Waals surface area contributed by atoms with Gasteiger partial charge in [0.1, 0.15) is 12.4 Å². The lowest BCUT2D eigenvalue weighted by Gasteiger charge is -2.37. The highest BCUT2D eigenvalue weighted by molar-refractivity contribution is 5.97. The monoisotopic (exact) mass is 518 g/mol. The van der Waals surface area contributed by atoms with Crippen LogP contribution in [-0.4, -0.2) is 82.4 Å². The van der Waals surface area contributed by atoms with Crippen LogP contribution in [-0.2, 0) is 13.0 Å². The Labute approximate surface area is 224 Å². The van der Waals surface area contributed by atoms with Crippen molar-refractivity contribution in [3.05, 3.63) is 53.2 Å². The van der Waals surface area contributed by atoms with Gasteiger partial charge in [0.15, 0.2) is 0 Å². The van der Waals surface area contributed by atoms with E-state index in [1.54, 1.807) is 0 Å². The van der Waals surface area contributed by atoms with Crippen LogP contribution < -0.4 is 14.5 Å². The predicted octanol–water partition coefficient (Wildman–Crippen LogP) is 4.02. The molecule has 202 valence electrons. The number of hydroxylamine groups is 2. The number of fused-ring (bicyclic) bond motifs is 2. The van der Waals surface area contributed by atoms with Gasteiger partial charge in [-0.25, -0.2) is 0 Å². The van der Waals surface area contributed by atoms with Crippen molar-refractivity contribution in [3.8, 4) is 6.01 Å². The molecule has 9 nitrogen and oxygen atoms in total. The zero-order chi connectivity index (χ0) is 26.2. The van der Waals surface area contributed by atoms with Crippen LogP contribution in [0.1, 0.15) is 42.5 Å². The molecule has 0 spiro atoms. The predicted molar refractivity (Wildman–Crippen MR) is 147 cm³/mol. The number of rotatable bonds is 6. The van der Waals surface area contributed by atoms with E-state index in [9.17, 15) is 10.4 Å². The molecule has 0 saturated carbocycles. The molecule has 2 fully saturated rings. The van der Waals surface area contributed by atoms with Gasteiger partial charge < -0.3 is 19.4 Å². The molecular formula is C29H38N6O3. The molecule has 3 aromatic rings. The first-order valence-corrected chi connectivity index (χ1v) is 13.9. The van der Waals surface area contributed by atoms with Crippen molar-refractivity contribution in [3.63, 3.8) is 0 Å². The maximum Gasteiger partial charge on any atom is 0.318 e. The summed E-state index contributed by atoms with van der Waals surface area (Å²) in [5.74, 6) is 0.944. The molecule has 2 N–H and O–H groups in total. The Morgan fingerprint density at radius 3 is 2.50 bits per heavy atom. The van der Waals surface area contributed by atoms with Gasteiger partial charge in [0.25, 0.3) is 0 Å². The Balaban J connectivity index is 1.31. The van der Waals surface area contributed by atoms with Crippen molar-refractivity contribution in [2.45, 2.75) is 57.7 Å². The molecular weight excluding hydrogens is 480 g/mol. The standard InChI is InChI=1S/C29H38N6O3/c1-20-6-3-7-21-8-4-10-26(27(20)21)34-17-13-24-25(18-34)30-29(38-19-23-9-5-14-32(23)2)31-28(24)33-15-11-22(12-16-33)35(36)37/h3-4,6-8,10,22-23,36-37H,5,9,11-19H2,1-2H3/t23-/m0/s1. The Bertz CT molecular complexity index is 1290. The maximum absolute atomic E-state index is 9.51. The van der Waals surface area contributed by atoms with Crippen molar-refractivity contribution in [2.75, 3.05) is 49.6 Å². The topological polar surface area (TPSA) is 88.4 Å². The van der Waals surface area contributed by atoms with E-state index in [-0.39, 0.29) is 6.04 Å². The Morgan fingerprint density at radius 2 is 1.76 bits per heavy atom. The highest BCUT2D eigenvalue weighted by Crippen LogP contribution is 2.36. The second-order valence-electron chi connectivity index (χ2n) is 11.0. The summed E-state index contributed by atoms with van der Waals surface area (Å²) in [7, 11) is 2.15. The van der Waals surface area contributed by atoms with Crippen LogP contribution in [0.25, 0.3) is 10.8 Å². The molecule has 3 aliphatic heterocycles. The molecule has 3 aliphatic rings. The molecule has 0 aliphatic carbocycles. The van der Waals surface area contributed by atoms with Gasteiger partial charge in [-0.05, 0) is 69.6 Å². The quantitative estimate of drug-likeness (QED) is 0.470. The number of benzene rings is 2. The molecule has 2 aromatic carbocycles. The largest absolute Gasteiger partial charge is 0.462 e. The molecule has 1 aromatic heterocycles. The van der Waals surface area contributed by atoms with E-state index in [2.05, 4.69) is 65.1 Å². The minimum atomic E-state index is -0.248. The summed E-state index contributed by atoms with van der Waals surface area (Å²) >= 11 is 0. The molecule has 0 radical (unpaired) electrons. The van der Waals surface area contributed by atoms with Crippen molar-refractivity contribution in [1.29, 1.82) is 0 Å². The summed E-state index contributed by atoms with van der Waals surface area (Å²) in [6.07, 6.45) is 4.51. The molecule has 0 bridgehead atoms. The second-order valence-corrected chi connectivity index (χ2v) is 11.0. The molecule has 9 heteroatoms.